The number of aromatic nitrogens is 3. The molecule has 0 saturated carbocycles. The van der Waals surface area contributed by atoms with E-state index in [1.54, 1.807) is 13.8 Å². The number of rotatable bonds is 4. The SMILES string of the molecule is CCOC(=O)c1nc(C(=O)OCC)c2[nH]c3ccccc3c2n1. The smallest absolute Gasteiger partial charge is 0.376 e. The first-order valence-corrected chi connectivity index (χ1v) is 7.28. The Kier molecular flexibility index (Phi) is 3.92. The molecule has 0 saturated heterocycles. The van der Waals surface area contributed by atoms with Crippen LogP contribution >= 0.6 is 0 Å². The average molecular weight is 313 g/mol. The minimum Gasteiger partial charge on any atom is -0.461 e. The normalized spacial score (nSPS) is 10.9. The molecular formula is C16H15N3O4. The Morgan fingerprint density at radius 2 is 1.74 bits per heavy atom. The third kappa shape index (κ3) is 2.61. The molecule has 2 aromatic heterocycles. The summed E-state index contributed by atoms with van der Waals surface area (Å²) in [5, 5.41) is 0.793. The lowest BCUT2D eigenvalue weighted by molar-refractivity contribution is 0.0507. The topological polar surface area (TPSA) is 94.2 Å². The van der Waals surface area contributed by atoms with Crippen LogP contribution in [0.15, 0.2) is 24.3 Å². The Hall–Kier alpha value is -2.96. The summed E-state index contributed by atoms with van der Waals surface area (Å²) in [5.41, 5.74) is 1.75. The van der Waals surface area contributed by atoms with Crippen LogP contribution in [0.3, 0.4) is 0 Å². The summed E-state index contributed by atoms with van der Waals surface area (Å²) in [7, 11) is 0. The van der Waals surface area contributed by atoms with Crippen LogP contribution < -0.4 is 0 Å². The molecule has 3 rings (SSSR count). The summed E-state index contributed by atoms with van der Waals surface area (Å²) in [6.07, 6.45) is 0. The molecule has 0 fully saturated rings. The van der Waals surface area contributed by atoms with Gasteiger partial charge < -0.3 is 14.5 Å². The molecule has 3 aromatic rings. The van der Waals surface area contributed by atoms with Gasteiger partial charge in [0.25, 0.3) is 0 Å². The summed E-state index contributed by atoms with van der Waals surface area (Å²) < 4.78 is 9.96. The molecule has 0 radical (unpaired) electrons. The zero-order chi connectivity index (χ0) is 16.4. The first kappa shape index (κ1) is 15.0. The van der Waals surface area contributed by atoms with Gasteiger partial charge >= 0.3 is 11.9 Å². The predicted octanol–water partition coefficient (Wildman–Crippen LogP) is 2.46. The number of carbonyl (C=O) groups is 2. The predicted molar refractivity (Wildman–Crippen MR) is 83.3 cm³/mol. The van der Waals surface area contributed by atoms with Crippen molar-refractivity contribution < 1.29 is 19.1 Å². The minimum absolute atomic E-state index is 0.0242. The number of carbonyl (C=O) groups excluding carboxylic acids is 2. The number of fused-ring (bicyclic) bond motifs is 3. The molecule has 0 amide bonds. The molecule has 7 nitrogen and oxygen atoms in total. The van der Waals surface area contributed by atoms with Crippen molar-refractivity contribution in [3.63, 3.8) is 0 Å². The van der Waals surface area contributed by atoms with Gasteiger partial charge in [0.1, 0.15) is 5.52 Å². The van der Waals surface area contributed by atoms with Crippen LogP contribution in [0.4, 0.5) is 0 Å². The van der Waals surface area contributed by atoms with E-state index in [2.05, 4.69) is 15.0 Å². The molecule has 7 heteroatoms. The van der Waals surface area contributed by atoms with E-state index >= 15 is 0 Å². The van der Waals surface area contributed by atoms with Crippen molar-refractivity contribution in [2.75, 3.05) is 13.2 Å². The first-order chi connectivity index (χ1) is 11.2. The fourth-order valence-electron chi connectivity index (χ4n) is 2.34. The molecular weight excluding hydrogens is 298 g/mol. The maximum absolute atomic E-state index is 12.2. The van der Waals surface area contributed by atoms with E-state index in [0.717, 1.165) is 10.9 Å². The lowest BCUT2D eigenvalue weighted by Crippen LogP contribution is -2.15. The Morgan fingerprint density at radius 1 is 1.04 bits per heavy atom. The van der Waals surface area contributed by atoms with Crippen LogP contribution in [0.2, 0.25) is 0 Å². The van der Waals surface area contributed by atoms with E-state index in [1.807, 2.05) is 24.3 Å². The maximum Gasteiger partial charge on any atom is 0.376 e. The largest absolute Gasteiger partial charge is 0.461 e. The van der Waals surface area contributed by atoms with Crippen LogP contribution in [-0.4, -0.2) is 40.1 Å². The molecule has 118 valence electrons. The van der Waals surface area contributed by atoms with E-state index in [9.17, 15) is 9.59 Å². The van der Waals surface area contributed by atoms with Crippen LogP contribution in [0, 0.1) is 0 Å². The second-order valence-corrected chi connectivity index (χ2v) is 4.73. The highest BCUT2D eigenvalue weighted by Crippen LogP contribution is 2.26. The van der Waals surface area contributed by atoms with Crippen LogP contribution in [0.1, 0.15) is 35.0 Å². The van der Waals surface area contributed by atoms with Crippen molar-refractivity contribution in [3.05, 3.63) is 35.8 Å². The molecule has 0 atom stereocenters. The van der Waals surface area contributed by atoms with Crippen molar-refractivity contribution in [3.8, 4) is 0 Å². The Labute approximate surface area is 131 Å². The summed E-state index contributed by atoms with van der Waals surface area (Å²) >= 11 is 0. The molecule has 0 aliphatic carbocycles. The summed E-state index contributed by atoms with van der Waals surface area (Å²) in [6.45, 7) is 3.80. The van der Waals surface area contributed by atoms with Crippen LogP contribution in [-0.2, 0) is 9.47 Å². The van der Waals surface area contributed by atoms with E-state index in [0.29, 0.717) is 11.0 Å². The fraction of sp³-hybridized carbons (Fsp3) is 0.250. The highest BCUT2D eigenvalue weighted by atomic mass is 16.5. The Morgan fingerprint density at radius 3 is 2.48 bits per heavy atom. The molecule has 1 N–H and O–H groups in total. The fourth-order valence-corrected chi connectivity index (χ4v) is 2.34. The van der Waals surface area contributed by atoms with Crippen molar-refractivity contribution in [1.82, 2.24) is 15.0 Å². The van der Waals surface area contributed by atoms with Gasteiger partial charge in [0, 0.05) is 10.9 Å². The summed E-state index contributed by atoms with van der Waals surface area (Å²) in [5.74, 6) is -1.45. The molecule has 0 aliphatic rings. The van der Waals surface area contributed by atoms with Gasteiger partial charge in [-0.2, -0.15) is 0 Å². The van der Waals surface area contributed by atoms with Crippen molar-refractivity contribution in [2.45, 2.75) is 13.8 Å². The Balaban J connectivity index is 2.29. The van der Waals surface area contributed by atoms with Gasteiger partial charge in [-0.25, -0.2) is 19.6 Å². The first-order valence-electron chi connectivity index (χ1n) is 7.28. The maximum atomic E-state index is 12.2. The zero-order valence-corrected chi connectivity index (χ0v) is 12.8. The molecule has 0 aliphatic heterocycles. The second kappa shape index (κ2) is 6.04. The van der Waals surface area contributed by atoms with E-state index < -0.39 is 11.9 Å². The average Bonchev–Trinajstić information content (AvgIpc) is 2.93. The van der Waals surface area contributed by atoms with Crippen molar-refractivity contribution in [1.29, 1.82) is 0 Å². The number of nitrogens with one attached hydrogen (secondary N) is 1. The second-order valence-electron chi connectivity index (χ2n) is 4.73. The van der Waals surface area contributed by atoms with Gasteiger partial charge in [0.2, 0.25) is 5.82 Å². The number of hydrogen-bond acceptors (Lipinski definition) is 6. The molecule has 0 spiro atoms. The van der Waals surface area contributed by atoms with Gasteiger partial charge in [0.05, 0.1) is 18.7 Å². The van der Waals surface area contributed by atoms with E-state index in [1.165, 1.54) is 0 Å². The third-order valence-electron chi connectivity index (χ3n) is 3.28. The number of benzene rings is 1. The molecule has 1 aromatic carbocycles. The Bertz CT molecular complexity index is 901. The number of hydrogen-bond donors (Lipinski definition) is 1. The molecule has 23 heavy (non-hydrogen) atoms. The molecule has 0 unspecified atom stereocenters. The van der Waals surface area contributed by atoms with Crippen molar-refractivity contribution in [2.24, 2.45) is 0 Å². The standard InChI is InChI=1S/C16H15N3O4/c1-3-22-15(20)13-12-11(9-7-5-6-8-10(9)17-12)18-14(19-13)16(21)23-4-2/h5-8,17H,3-4H2,1-2H3. The number of nitrogens with zero attached hydrogens (tertiary/aromatic N) is 2. The van der Waals surface area contributed by atoms with Gasteiger partial charge in [-0.1, -0.05) is 18.2 Å². The highest BCUT2D eigenvalue weighted by molar-refractivity contribution is 6.12. The third-order valence-corrected chi connectivity index (χ3v) is 3.28. The van der Waals surface area contributed by atoms with E-state index in [4.69, 9.17) is 9.47 Å². The highest BCUT2D eigenvalue weighted by Gasteiger charge is 2.22. The lowest BCUT2D eigenvalue weighted by Gasteiger charge is -2.05. The molecule has 2 heterocycles. The quantitative estimate of drug-likeness (QED) is 0.744. The summed E-state index contributed by atoms with van der Waals surface area (Å²) in [6, 6.07) is 7.42. The zero-order valence-electron chi connectivity index (χ0n) is 12.8. The van der Waals surface area contributed by atoms with Crippen LogP contribution in [0.5, 0.6) is 0 Å². The number of esters is 2. The van der Waals surface area contributed by atoms with Crippen molar-refractivity contribution >= 4 is 33.9 Å². The van der Waals surface area contributed by atoms with Gasteiger partial charge in [-0.05, 0) is 19.9 Å². The number of H-pyrrole nitrogens is 1. The molecule has 0 bridgehead atoms. The number of para-hydroxylation sites is 1. The van der Waals surface area contributed by atoms with Gasteiger partial charge in [0.15, 0.2) is 5.69 Å². The minimum atomic E-state index is -0.676. The van der Waals surface area contributed by atoms with Crippen LogP contribution in [0.25, 0.3) is 21.9 Å². The number of ether oxygens (including phenoxy) is 2. The monoisotopic (exact) mass is 313 g/mol. The lowest BCUT2D eigenvalue weighted by atomic mass is 10.2. The van der Waals surface area contributed by atoms with Gasteiger partial charge in [-0.3, -0.25) is 0 Å². The summed E-state index contributed by atoms with van der Waals surface area (Å²) in [4.78, 5) is 35.6. The number of aromatic amines is 1. The van der Waals surface area contributed by atoms with Gasteiger partial charge in [-0.15, -0.1) is 0 Å². The van der Waals surface area contributed by atoms with E-state index in [-0.39, 0.29) is 24.7 Å².